The summed E-state index contributed by atoms with van der Waals surface area (Å²) in [6.07, 6.45) is 0. The maximum absolute atomic E-state index is 6.03. The SMILES string of the molecule is COOCN(OC)c1c(C)cccc1CO/N=C(\C)c1cc(Cl)cc(Cl)c1. The van der Waals surface area contributed by atoms with Gasteiger partial charge in [-0.1, -0.05) is 46.6 Å². The molecule has 0 aliphatic carbocycles. The Kier molecular flexibility index (Phi) is 8.34. The van der Waals surface area contributed by atoms with Crippen molar-refractivity contribution >= 4 is 34.6 Å². The first-order valence-corrected chi connectivity index (χ1v) is 8.90. The molecular weight excluding hydrogens is 391 g/mol. The molecule has 0 atom stereocenters. The number of rotatable bonds is 9. The topological polar surface area (TPSA) is 52.5 Å². The van der Waals surface area contributed by atoms with Crippen LogP contribution in [0.25, 0.3) is 0 Å². The minimum atomic E-state index is 0.105. The fraction of sp³-hybridized carbons (Fsp3) is 0.316. The summed E-state index contributed by atoms with van der Waals surface area (Å²) < 4.78 is 0. The van der Waals surface area contributed by atoms with Crippen molar-refractivity contribution < 1.29 is 19.5 Å². The van der Waals surface area contributed by atoms with Crippen LogP contribution < -0.4 is 5.06 Å². The highest BCUT2D eigenvalue weighted by Crippen LogP contribution is 2.26. The summed E-state index contributed by atoms with van der Waals surface area (Å²) in [5.41, 5.74) is 4.18. The van der Waals surface area contributed by atoms with Gasteiger partial charge in [-0.2, -0.15) is 0 Å². The zero-order valence-electron chi connectivity index (χ0n) is 15.7. The van der Waals surface area contributed by atoms with E-state index in [-0.39, 0.29) is 13.3 Å². The van der Waals surface area contributed by atoms with Crippen LogP contribution in [0.1, 0.15) is 23.6 Å². The highest BCUT2D eigenvalue weighted by atomic mass is 35.5. The zero-order valence-corrected chi connectivity index (χ0v) is 17.2. The van der Waals surface area contributed by atoms with E-state index in [2.05, 4.69) is 10.0 Å². The summed E-state index contributed by atoms with van der Waals surface area (Å²) >= 11 is 12.1. The van der Waals surface area contributed by atoms with Crippen molar-refractivity contribution in [1.82, 2.24) is 0 Å². The van der Waals surface area contributed by atoms with Gasteiger partial charge in [0.1, 0.15) is 6.61 Å². The Morgan fingerprint density at radius 1 is 1.11 bits per heavy atom. The predicted octanol–water partition coefficient (Wildman–Crippen LogP) is 5.15. The molecule has 0 fully saturated rings. The van der Waals surface area contributed by atoms with Crippen LogP contribution in [0.2, 0.25) is 10.0 Å². The van der Waals surface area contributed by atoms with Crippen LogP contribution in [0, 0.1) is 6.92 Å². The van der Waals surface area contributed by atoms with Crippen molar-refractivity contribution in [2.75, 3.05) is 26.0 Å². The average Bonchev–Trinajstić information content (AvgIpc) is 2.63. The van der Waals surface area contributed by atoms with Crippen LogP contribution in [-0.4, -0.2) is 26.7 Å². The van der Waals surface area contributed by atoms with Gasteiger partial charge >= 0.3 is 0 Å². The van der Waals surface area contributed by atoms with Gasteiger partial charge in [0.25, 0.3) is 0 Å². The Balaban J connectivity index is 2.16. The quantitative estimate of drug-likeness (QED) is 0.246. The summed E-state index contributed by atoms with van der Waals surface area (Å²) in [4.78, 5) is 20.6. The molecule has 0 heterocycles. The molecule has 0 amide bonds. The van der Waals surface area contributed by atoms with Crippen molar-refractivity contribution in [3.8, 4) is 0 Å². The van der Waals surface area contributed by atoms with Crippen LogP contribution in [0.4, 0.5) is 5.69 Å². The van der Waals surface area contributed by atoms with Gasteiger partial charge in [-0.25, -0.2) is 14.8 Å². The first kappa shape index (κ1) is 21.5. The lowest BCUT2D eigenvalue weighted by atomic mass is 10.1. The molecule has 0 aromatic heterocycles. The molecule has 0 aliphatic heterocycles. The average molecular weight is 413 g/mol. The van der Waals surface area contributed by atoms with Crippen LogP contribution in [0.5, 0.6) is 0 Å². The Bertz CT molecular complexity index is 779. The minimum Gasteiger partial charge on any atom is -0.391 e. The van der Waals surface area contributed by atoms with Crippen molar-refractivity contribution in [3.05, 3.63) is 63.1 Å². The van der Waals surface area contributed by atoms with Gasteiger partial charge in [-0.3, -0.25) is 4.84 Å². The molecule has 0 N–H and O–H groups in total. The van der Waals surface area contributed by atoms with E-state index in [0.29, 0.717) is 15.8 Å². The van der Waals surface area contributed by atoms with Crippen LogP contribution >= 0.6 is 23.2 Å². The van der Waals surface area contributed by atoms with E-state index < -0.39 is 0 Å². The molecule has 0 saturated heterocycles. The monoisotopic (exact) mass is 412 g/mol. The lowest BCUT2D eigenvalue weighted by Gasteiger charge is -2.24. The highest BCUT2D eigenvalue weighted by molar-refractivity contribution is 6.35. The molecule has 6 nitrogen and oxygen atoms in total. The second kappa shape index (κ2) is 10.5. The fourth-order valence-electron chi connectivity index (χ4n) is 2.52. The smallest absolute Gasteiger partial charge is 0.178 e. The van der Waals surface area contributed by atoms with E-state index in [1.807, 2.05) is 32.0 Å². The predicted molar refractivity (Wildman–Crippen MR) is 107 cm³/mol. The molecule has 2 rings (SSSR count). The summed E-state index contributed by atoms with van der Waals surface area (Å²) in [7, 11) is 3.00. The molecule has 8 heteroatoms. The number of benzene rings is 2. The first-order chi connectivity index (χ1) is 13.0. The molecule has 0 unspecified atom stereocenters. The van der Waals surface area contributed by atoms with E-state index in [1.165, 1.54) is 7.11 Å². The van der Waals surface area contributed by atoms with Crippen LogP contribution in [0.3, 0.4) is 0 Å². The first-order valence-electron chi connectivity index (χ1n) is 8.15. The maximum atomic E-state index is 6.03. The highest BCUT2D eigenvalue weighted by Gasteiger charge is 2.15. The molecule has 0 aliphatic rings. The number of aryl methyl sites for hydroxylation is 1. The molecule has 146 valence electrons. The van der Waals surface area contributed by atoms with E-state index in [1.54, 1.807) is 30.4 Å². The van der Waals surface area contributed by atoms with Crippen LogP contribution in [0.15, 0.2) is 41.6 Å². The standard InChI is InChI=1S/C19H22Cl2N2O4/c1-13-6-5-7-15(19(13)23(24-3)12-27-25-4)11-26-22-14(2)16-8-17(20)10-18(21)9-16/h5-10H,11-12H2,1-4H3/b22-14+. The van der Waals surface area contributed by atoms with E-state index in [0.717, 1.165) is 22.4 Å². The largest absolute Gasteiger partial charge is 0.391 e. The van der Waals surface area contributed by atoms with Gasteiger partial charge in [0.15, 0.2) is 6.73 Å². The molecule has 0 radical (unpaired) electrons. The molecule has 0 bridgehead atoms. The van der Waals surface area contributed by atoms with Gasteiger partial charge in [-0.05, 0) is 37.6 Å². The third-order valence-corrected chi connectivity index (χ3v) is 4.22. The van der Waals surface area contributed by atoms with Crippen molar-refractivity contribution in [2.24, 2.45) is 5.16 Å². The van der Waals surface area contributed by atoms with Crippen LogP contribution in [-0.2, 0) is 26.1 Å². The molecular formula is C19H22Cl2N2O4. The van der Waals surface area contributed by atoms with Gasteiger partial charge in [0.05, 0.1) is 25.6 Å². The lowest BCUT2D eigenvalue weighted by Crippen LogP contribution is -2.26. The Morgan fingerprint density at radius 3 is 2.44 bits per heavy atom. The maximum Gasteiger partial charge on any atom is 0.178 e. The van der Waals surface area contributed by atoms with E-state index in [9.17, 15) is 0 Å². The number of oxime groups is 1. The molecule has 0 saturated carbocycles. The Hall–Kier alpha value is -1.83. The Morgan fingerprint density at radius 2 is 1.81 bits per heavy atom. The number of anilines is 1. The summed E-state index contributed by atoms with van der Waals surface area (Å²) in [5.74, 6) is 0. The minimum absolute atomic E-state index is 0.105. The number of nitrogens with zero attached hydrogens (tertiary/aromatic N) is 2. The summed E-state index contributed by atoms with van der Waals surface area (Å²) in [5, 5.41) is 6.84. The molecule has 27 heavy (non-hydrogen) atoms. The zero-order chi connectivity index (χ0) is 19.8. The molecule has 0 spiro atoms. The summed E-state index contributed by atoms with van der Waals surface area (Å²) in [6, 6.07) is 11.1. The number of halogens is 2. The lowest BCUT2D eigenvalue weighted by molar-refractivity contribution is -0.280. The number of hydrogen-bond acceptors (Lipinski definition) is 6. The number of para-hydroxylation sites is 1. The van der Waals surface area contributed by atoms with Crippen molar-refractivity contribution in [2.45, 2.75) is 20.5 Å². The second-order valence-corrected chi connectivity index (χ2v) is 6.54. The van der Waals surface area contributed by atoms with Gasteiger partial charge in [-0.15, -0.1) is 0 Å². The summed E-state index contributed by atoms with van der Waals surface area (Å²) in [6.45, 7) is 4.15. The normalized spacial score (nSPS) is 11.6. The van der Waals surface area contributed by atoms with Gasteiger partial charge in [0.2, 0.25) is 0 Å². The third-order valence-electron chi connectivity index (χ3n) is 3.78. The Labute approximate surface area is 169 Å². The van der Waals surface area contributed by atoms with E-state index in [4.69, 9.17) is 37.8 Å². The van der Waals surface area contributed by atoms with Crippen molar-refractivity contribution in [3.63, 3.8) is 0 Å². The molecule has 2 aromatic rings. The number of hydrogen-bond donors (Lipinski definition) is 0. The number of hydroxylamine groups is 1. The van der Waals surface area contributed by atoms with Gasteiger partial charge in [0, 0.05) is 21.2 Å². The molecule has 2 aromatic carbocycles. The third kappa shape index (κ3) is 6.09. The van der Waals surface area contributed by atoms with E-state index >= 15 is 0 Å². The second-order valence-electron chi connectivity index (χ2n) is 5.67. The fourth-order valence-corrected chi connectivity index (χ4v) is 3.04. The van der Waals surface area contributed by atoms with Crippen molar-refractivity contribution in [1.29, 1.82) is 0 Å². The van der Waals surface area contributed by atoms with Gasteiger partial charge < -0.3 is 4.84 Å².